The van der Waals surface area contributed by atoms with Crippen LogP contribution in [0.4, 0.5) is 0 Å². The van der Waals surface area contributed by atoms with E-state index in [-0.39, 0.29) is 0 Å². The molecule has 2 heterocycles. The SMILES string of the molecule is NCCc1[nH]ncc1-c1ccc2c(c1)OCO2. The normalized spacial score (nSPS) is 13.0. The van der Waals surface area contributed by atoms with Gasteiger partial charge in [0.25, 0.3) is 0 Å². The average Bonchev–Trinajstić information content (AvgIpc) is 2.96. The molecule has 0 spiro atoms. The number of rotatable bonds is 3. The summed E-state index contributed by atoms with van der Waals surface area (Å²) in [5.74, 6) is 1.57. The number of hydrogen-bond acceptors (Lipinski definition) is 4. The first kappa shape index (κ1) is 10.2. The van der Waals surface area contributed by atoms with Crippen LogP contribution in [0.15, 0.2) is 24.4 Å². The summed E-state index contributed by atoms with van der Waals surface area (Å²) in [6, 6.07) is 5.88. The zero-order valence-electron chi connectivity index (χ0n) is 9.27. The Morgan fingerprint density at radius 1 is 1.29 bits per heavy atom. The number of nitrogens with two attached hydrogens (primary N) is 1. The molecule has 2 aromatic rings. The molecule has 88 valence electrons. The monoisotopic (exact) mass is 231 g/mol. The molecule has 1 aromatic heterocycles. The van der Waals surface area contributed by atoms with Crippen molar-refractivity contribution in [2.75, 3.05) is 13.3 Å². The van der Waals surface area contributed by atoms with E-state index in [4.69, 9.17) is 15.2 Å². The van der Waals surface area contributed by atoms with E-state index in [0.29, 0.717) is 13.3 Å². The molecule has 3 rings (SSSR count). The maximum atomic E-state index is 5.56. The van der Waals surface area contributed by atoms with Crippen LogP contribution in [-0.4, -0.2) is 23.5 Å². The first-order chi connectivity index (χ1) is 8.38. The molecule has 0 unspecified atom stereocenters. The minimum Gasteiger partial charge on any atom is -0.454 e. The lowest BCUT2D eigenvalue weighted by atomic mass is 10.0. The summed E-state index contributed by atoms with van der Waals surface area (Å²) < 4.78 is 10.6. The Morgan fingerprint density at radius 3 is 3.06 bits per heavy atom. The van der Waals surface area contributed by atoms with Gasteiger partial charge in [0, 0.05) is 17.7 Å². The topological polar surface area (TPSA) is 73.2 Å². The van der Waals surface area contributed by atoms with E-state index >= 15 is 0 Å². The van der Waals surface area contributed by atoms with Gasteiger partial charge in [-0.2, -0.15) is 5.10 Å². The highest BCUT2D eigenvalue weighted by Crippen LogP contribution is 2.36. The highest BCUT2D eigenvalue weighted by molar-refractivity contribution is 5.69. The summed E-state index contributed by atoms with van der Waals surface area (Å²) in [6.45, 7) is 0.888. The van der Waals surface area contributed by atoms with Crippen LogP contribution in [0.2, 0.25) is 0 Å². The Kier molecular flexibility index (Phi) is 2.45. The fourth-order valence-electron chi connectivity index (χ4n) is 1.96. The smallest absolute Gasteiger partial charge is 0.231 e. The summed E-state index contributed by atoms with van der Waals surface area (Å²) in [6.07, 6.45) is 2.59. The molecule has 1 aromatic carbocycles. The summed E-state index contributed by atoms with van der Waals surface area (Å²) in [5, 5.41) is 7.03. The molecule has 0 fully saturated rings. The minimum absolute atomic E-state index is 0.291. The molecule has 0 saturated heterocycles. The Balaban J connectivity index is 2.00. The number of benzene rings is 1. The summed E-state index contributed by atoms with van der Waals surface area (Å²) >= 11 is 0. The van der Waals surface area contributed by atoms with Gasteiger partial charge < -0.3 is 15.2 Å². The predicted molar refractivity (Wildman–Crippen MR) is 62.9 cm³/mol. The van der Waals surface area contributed by atoms with Crippen LogP contribution in [0.1, 0.15) is 5.69 Å². The number of nitrogens with one attached hydrogen (secondary N) is 1. The second-order valence-electron chi connectivity index (χ2n) is 3.87. The van der Waals surface area contributed by atoms with Crippen molar-refractivity contribution in [3.8, 4) is 22.6 Å². The highest BCUT2D eigenvalue weighted by Gasteiger charge is 2.15. The van der Waals surface area contributed by atoms with Gasteiger partial charge in [0.1, 0.15) is 0 Å². The molecular formula is C12H13N3O2. The van der Waals surface area contributed by atoms with Crippen molar-refractivity contribution in [2.45, 2.75) is 6.42 Å². The molecule has 1 aliphatic heterocycles. The maximum Gasteiger partial charge on any atom is 0.231 e. The van der Waals surface area contributed by atoms with E-state index in [1.165, 1.54) is 0 Å². The molecule has 3 N–H and O–H groups in total. The molecule has 17 heavy (non-hydrogen) atoms. The van der Waals surface area contributed by atoms with Gasteiger partial charge in [-0.05, 0) is 24.2 Å². The van der Waals surface area contributed by atoms with Crippen LogP contribution in [0, 0.1) is 0 Å². The number of hydrogen-bond donors (Lipinski definition) is 2. The second-order valence-corrected chi connectivity index (χ2v) is 3.87. The Hall–Kier alpha value is -2.01. The highest BCUT2D eigenvalue weighted by atomic mass is 16.7. The van der Waals surface area contributed by atoms with Gasteiger partial charge >= 0.3 is 0 Å². The number of nitrogens with zero attached hydrogens (tertiary/aromatic N) is 1. The van der Waals surface area contributed by atoms with E-state index < -0.39 is 0 Å². The standard InChI is InChI=1S/C12H13N3O2/c13-4-3-10-9(6-14-15-10)8-1-2-11-12(5-8)17-7-16-11/h1-2,5-6H,3-4,7,13H2,(H,14,15). The third-order valence-corrected chi connectivity index (χ3v) is 2.80. The zero-order valence-corrected chi connectivity index (χ0v) is 9.27. The molecule has 5 heteroatoms. The Morgan fingerprint density at radius 2 is 2.18 bits per heavy atom. The van der Waals surface area contributed by atoms with E-state index in [1.54, 1.807) is 0 Å². The molecular weight excluding hydrogens is 218 g/mol. The number of aromatic nitrogens is 2. The van der Waals surface area contributed by atoms with Crippen LogP contribution in [0.25, 0.3) is 11.1 Å². The summed E-state index contributed by atoms with van der Waals surface area (Å²) in [4.78, 5) is 0. The van der Waals surface area contributed by atoms with Gasteiger partial charge in [0.15, 0.2) is 11.5 Å². The first-order valence-electron chi connectivity index (χ1n) is 5.51. The van der Waals surface area contributed by atoms with Crippen molar-refractivity contribution in [1.82, 2.24) is 10.2 Å². The van der Waals surface area contributed by atoms with Crippen molar-refractivity contribution >= 4 is 0 Å². The van der Waals surface area contributed by atoms with Gasteiger partial charge in [0.05, 0.1) is 6.20 Å². The Bertz CT molecular complexity index is 536. The van der Waals surface area contributed by atoms with Crippen LogP contribution in [0.5, 0.6) is 11.5 Å². The van der Waals surface area contributed by atoms with Crippen LogP contribution in [-0.2, 0) is 6.42 Å². The number of ether oxygens (including phenoxy) is 2. The molecule has 0 saturated carbocycles. The number of H-pyrrole nitrogens is 1. The van der Waals surface area contributed by atoms with Crippen LogP contribution >= 0.6 is 0 Å². The van der Waals surface area contributed by atoms with Crippen molar-refractivity contribution in [3.05, 3.63) is 30.1 Å². The minimum atomic E-state index is 0.291. The third kappa shape index (κ3) is 1.74. The third-order valence-electron chi connectivity index (χ3n) is 2.80. The lowest BCUT2D eigenvalue weighted by Gasteiger charge is -2.03. The van der Waals surface area contributed by atoms with Crippen molar-refractivity contribution < 1.29 is 9.47 Å². The predicted octanol–water partition coefficient (Wildman–Crippen LogP) is 1.31. The lowest BCUT2D eigenvalue weighted by molar-refractivity contribution is 0.174. The van der Waals surface area contributed by atoms with Gasteiger partial charge in [-0.1, -0.05) is 6.07 Å². The summed E-state index contributed by atoms with van der Waals surface area (Å²) in [7, 11) is 0. The molecule has 5 nitrogen and oxygen atoms in total. The molecule has 0 aliphatic carbocycles. The van der Waals surface area contributed by atoms with Crippen LogP contribution in [0.3, 0.4) is 0 Å². The fraction of sp³-hybridized carbons (Fsp3) is 0.250. The number of aromatic amines is 1. The summed E-state index contributed by atoms with van der Waals surface area (Å²) in [5.41, 5.74) is 8.74. The molecule has 0 bridgehead atoms. The second kappa shape index (κ2) is 4.10. The molecule has 0 radical (unpaired) electrons. The first-order valence-corrected chi connectivity index (χ1v) is 5.51. The van der Waals surface area contributed by atoms with Crippen LogP contribution < -0.4 is 15.2 Å². The van der Waals surface area contributed by atoms with E-state index in [2.05, 4.69) is 10.2 Å². The number of fused-ring (bicyclic) bond motifs is 1. The van der Waals surface area contributed by atoms with E-state index in [1.807, 2.05) is 24.4 Å². The zero-order chi connectivity index (χ0) is 11.7. The van der Waals surface area contributed by atoms with E-state index in [0.717, 1.165) is 34.7 Å². The van der Waals surface area contributed by atoms with Gasteiger partial charge in [-0.25, -0.2) is 0 Å². The average molecular weight is 231 g/mol. The Labute approximate surface area is 98.5 Å². The molecule has 0 atom stereocenters. The van der Waals surface area contributed by atoms with Gasteiger partial charge in [0.2, 0.25) is 6.79 Å². The molecule has 1 aliphatic rings. The van der Waals surface area contributed by atoms with Crippen molar-refractivity contribution in [3.63, 3.8) is 0 Å². The maximum absolute atomic E-state index is 5.56. The molecule has 0 amide bonds. The van der Waals surface area contributed by atoms with E-state index in [9.17, 15) is 0 Å². The fourth-order valence-corrected chi connectivity index (χ4v) is 1.96. The lowest BCUT2D eigenvalue weighted by Crippen LogP contribution is -2.03. The quantitative estimate of drug-likeness (QED) is 0.835. The largest absolute Gasteiger partial charge is 0.454 e. The van der Waals surface area contributed by atoms with Crippen molar-refractivity contribution in [2.24, 2.45) is 5.73 Å². The van der Waals surface area contributed by atoms with Crippen molar-refractivity contribution in [1.29, 1.82) is 0 Å². The van der Waals surface area contributed by atoms with Gasteiger partial charge in [-0.3, -0.25) is 5.10 Å². The van der Waals surface area contributed by atoms with Gasteiger partial charge in [-0.15, -0.1) is 0 Å².